The lowest BCUT2D eigenvalue weighted by Crippen LogP contribution is -2.44. The maximum Gasteiger partial charge on any atom is 0.157 e. The molecule has 0 aromatic heterocycles. The van der Waals surface area contributed by atoms with Crippen molar-refractivity contribution in [2.45, 2.75) is 76.2 Å². The summed E-state index contributed by atoms with van der Waals surface area (Å²) >= 11 is 0. The number of alkyl halides is 2. The van der Waals surface area contributed by atoms with Gasteiger partial charge in [-0.05, 0) is 62.2 Å². The molecular weight excluding hydrogens is 246 g/mol. The second kappa shape index (κ2) is 5.67. The monoisotopic (exact) mass is 272 g/mol. The molecule has 0 saturated heterocycles. The maximum absolute atomic E-state index is 14.1. The Morgan fingerprint density at radius 3 is 1.79 bits per heavy atom. The lowest BCUT2D eigenvalue weighted by atomic mass is 9.64. The first-order valence-electron chi connectivity index (χ1n) is 8.13. The van der Waals surface area contributed by atoms with Crippen LogP contribution in [0.4, 0.5) is 8.78 Å². The van der Waals surface area contributed by atoms with E-state index in [1.165, 1.54) is 32.1 Å². The zero-order chi connectivity index (χ0) is 13.4. The van der Waals surface area contributed by atoms with E-state index in [2.05, 4.69) is 0 Å². The average molecular weight is 272 g/mol. The van der Waals surface area contributed by atoms with E-state index >= 15 is 0 Å². The van der Waals surface area contributed by atoms with E-state index in [1.54, 1.807) is 0 Å². The van der Waals surface area contributed by atoms with Gasteiger partial charge in [-0.3, -0.25) is 0 Å². The molecule has 110 valence electrons. The van der Waals surface area contributed by atoms with E-state index in [4.69, 9.17) is 0 Å². The molecule has 4 atom stereocenters. The normalized spacial score (nSPS) is 48.8. The summed E-state index contributed by atoms with van der Waals surface area (Å²) in [6.45, 7) is 0. The molecule has 19 heavy (non-hydrogen) atoms. The lowest BCUT2D eigenvalue weighted by Gasteiger charge is -2.43. The zero-order valence-corrected chi connectivity index (χ0v) is 11.6. The van der Waals surface area contributed by atoms with Gasteiger partial charge in [-0.1, -0.05) is 19.3 Å². The first kappa shape index (κ1) is 13.8. The van der Waals surface area contributed by atoms with E-state index in [1.807, 2.05) is 0 Å². The van der Waals surface area contributed by atoms with Crippen LogP contribution < -0.4 is 0 Å². The van der Waals surface area contributed by atoms with E-state index < -0.39 is 18.4 Å². The van der Waals surface area contributed by atoms with Crippen LogP contribution in [0.15, 0.2) is 0 Å². The first-order valence-corrected chi connectivity index (χ1v) is 8.13. The van der Waals surface area contributed by atoms with Gasteiger partial charge in [-0.15, -0.1) is 0 Å². The van der Waals surface area contributed by atoms with Crippen LogP contribution in [0, 0.1) is 23.7 Å². The van der Waals surface area contributed by atoms with Crippen LogP contribution in [0.2, 0.25) is 0 Å². The molecule has 0 amide bonds. The molecule has 1 N–H and O–H groups in total. The molecule has 0 aliphatic heterocycles. The molecule has 4 unspecified atom stereocenters. The summed E-state index contributed by atoms with van der Waals surface area (Å²) in [6, 6.07) is 0. The van der Waals surface area contributed by atoms with E-state index in [-0.39, 0.29) is 5.92 Å². The molecular formula is C16H26F2O. The van der Waals surface area contributed by atoms with Gasteiger partial charge in [0.1, 0.15) is 6.17 Å². The summed E-state index contributed by atoms with van der Waals surface area (Å²) in [5.74, 6) is 2.01. The molecule has 3 heteroatoms. The Bertz CT molecular complexity index is 297. The molecule has 0 aromatic rings. The third-order valence-corrected chi connectivity index (χ3v) is 6.12. The standard InChI is InChI=1S/C16H26F2O/c17-15-13(8-9-14(19)16(15)18)12-6-4-11(5-7-12)10-2-1-3-10/h10-16,19H,1-9H2. The van der Waals surface area contributed by atoms with Gasteiger partial charge >= 0.3 is 0 Å². The van der Waals surface area contributed by atoms with E-state index in [0.29, 0.717) is 18.8 Å². The predicted octanol–water partition coefficient (Wildman–Crippen LogP) is 4.04. The largest absolute Gasteiger partial charge is 0.390 e. The van der Waals surface area contributed by atoms with E-state index in [0.717, 1.165) is 24.7 Å². The molecule has 0 spiro atoms. The number of hydrogen-bond acceptors (Lipinski definition) is 1. The van der Waals surface area contributed by atoms with Gasteiger partial charge in [0.25, 0.3) is 0 Å². The number of aliphatic hydroxyl groups is 1. The molecule has 3 fully saturated rings. The summed E-state index contributed by atoms with van der Waals surface area (Å²) in [5.41, 5.74) is 0. The summed E-state index contributed by atoms with van der Waals surface area (Å²) in [7, 11) is 0. The van der Waals surface area contributed by atoms with Crippen molar-refractivity contribution in [3.63, 3.8) is 0 Å². The third kappa shape index (κ3) is 2.68. The van der Waals surface area contributed by atoms with Crippen molar-refractivity contribution >= 4 is 0 Å². The van der Waals surface area contributed by atoms with Crippen LogP contribution in [0.25, 0.3) is 0 Å². The van der Waals surface area contributed by atoms with Crippen LogP contribution >= 0.6 is 0 Å². The highest BCUT2D eigenvalue weighted by Crippen LogP contribution is 2.46. The van der Waals surface area contributed by atoms with Crippen LogP contribution in [-0.2, 0) is 0 Å². The molecule has 0 aromatic carbocycles. The van der Waals surface area contributed by atoms with Gasteiger partial charge in [0.05, 0.1) is 6.10 Å². The van der Waals surface area contributed by atoms with Crippen molar-refractivity contribution < 1.29 is 13.9 Å². The summed E-state index contributed by atoms with van der Waals surface area (Å²) in [4.78, 5) is 0. The van der Waals surface area contributed by atoms with Gasteiger partial charge in [-0.2, -0.15) is 0 Å². The first-order chi connectivity index (χ1) is 9.16. The molecule has 3 aliphatic rings. The Morgan fingerprint density at radius 2 is 1.21 bits per heavy atom. The van der Waals surface area contributed by atoms with Gasteiger partial charge in [-0.25, -0.2) is 8.78 Å². The predicted molar refractivity (Wildman–Crippen MR) is 71.3 cm³/mol. The minimum Gasteiger partial charge on any atom is -0.390 e. The van der Waals surface area contributed by atoms with Crippen LogP contribution in [0.5, 0.6) is 0 Å². The van der Waals surface area contributed by atoms with Crippen molar-refractivity contribution in [3.8, 4) is 0 Å². The SMILES string of the molecule is OC1CCC(C2CCC(C3CCC3)CC2)C(F)C1F. The zero-order valence-electron chi connectivity index (χ0n) is 11.6. The van der Waals surface area contributed by atoms with Gasteiger partial charge in [0, 0.05) is 0 Å². The second-order valence-electron chi connectivity index (χ2n) is 7.06. The van der Waals surface area contributed by atoms with Crippen molar-refractivity contribution in [1.82, 2.24) is 0 Å². The van der Waals surface area contributed by atoms with Gasteiger partial charge < -0.3 is 5.11 Å². The summed E-state index contributed by atoms with van der Waals surface area (Å²) in [5, 5.41) is 9.40. The van der Waals surface area contributed by atoms with Gasteiger partial charge in [0.2, 0.25) is 0 Å². The highest BCUT2D eigenvalue weighted by molar-refractivity contribution is 4.93. The van der Waals surface area contributed by atoms with Crippen molar-refractivity contribution in [1.29, 1.82) is 0 Å². The van der Waals surface area contributed by atoms with Crippen molar-refractivity contribution in [3.05, 3.63) is 0 Å². The molecule has 0 bridgehead atoms. The van der Waals surface area contributed by atoms with Gasteiger partial charge in [0.15, 0.2) is 6.17 Å². The maximum atomic E-state index is 14.1. The molecule has 3 rings (SSSR count). The number of halogens is 2. The Morgan fingerprint density at radius 1 is 0.632 bits per heavy atom. The van der Waals surface area contributed by atoms with E-state index in [9.17, 15) is 13.9 Å². The number of hydrogen-bond donors (Lipinski definition) is 1. The highest BCUT2D eigenvalue weighted by atomic mass is 19.2. The fourth-order valence-corrected chi connectivity index (χ4v) is 4.58. The Balaban J connectivity index is 1.53. The fraction of sp³-hybridized carbons (Fsp3) is 1.00. The summed E-state index contributed by atoms with van der Waals surface area (Å²) < 4.78 is 27.7. The number of aliphatic hydroxyl groups excluding tert-OH is 1. The molecule has 1 nitrogen and oxygen atoms in total. The smallest absolute Gasteiger partial charge is 0.157 e. The molecule has 0 radical (unpaired) electrons. The minimum atomic E-state index is -1.65. The van der Waals surface area contributed by atoms with Crippen LogP contribution in [0.3, 0.4) is 0 Å². The molecule has 0 heterocycles. The lowest BCUT2D eigenvalue weighted by molar-refractivity contribution is -0.0565. The van der Waals surface area contributed by atoms with Crippen LogP contribution in [0.1, 0.15) is 57.8 Å². The Labute approximate surface area is 114 Å². The number of rotatable bonds is 2. The highest BCUT2D eigenvalue weighted by Gasteiger charge is 2.44. The Kier molecular flexibility index (Phi) is 4.11. The van der Waals surface area contributed by atoms with Crippen LogP contribution in [-0.4, -0.2) is 23.6 Å². The Hall–Kier alpha value is -0.180. The van der Waals surface area contributed by atoms with Crippen molar-refractivity contribution in [2.75, 3.05) is 0 Å². The topological polar surface area (TPSA) is 20.2 Å². The third-order valence-electron chi connectivity index (χ3n) is 6.12. The molecule has 3 aliphatic carbocycles. The summed E-state index contributed by atoms with van der Waals surface area (Å²) in [6.07, 6.45) is 5.72. The average Bonchev–Trinajstić information content (AvgIpc) is 2.36. The quantitative estimate of drug-likeness (QED) is 0.804. The second-order valence-corrected chi connectivity index (χ2v) is 7.06. The minimum absolute atomic E-state index is 0.138. The van der Waals surface area contributed by atoms with Crippen molar-refractivity contribution in [2.24, 2.45) is 23.7 Å². The fourth-order valence-electron chi connectivity index (χ4n) is 4.58. The molecule has 3 saturated carbocycles.